The Morgan fingerprint density at radius 3 is 2.50 bits per heavy atom. The molecule has 1 aliphatic heterocycles. The first-order chi connectivity index (χ1) is 15.2. The van der Waals surface area contributed by atoms with Crippen LogP contribution in [-0.2, 0) is 10.0 Å². The summed E-state index contributed by atoms with van der Waals surface area (Å²) in [7, 11) is -2.41. The minimum Gasteiger partial charge on any atom is -0.472 e. The lowest BCUT2D eigenvalue weighted by molar-refractivity contribution is 0.0935. The molecule has 0 saturated heterocycles. The Bertz CT molecular complexity index is 1320. The van der Waals surface area contributed by atoms with Gasteiger partial charge in [0.15, 0.2) is 6.73 Å². The van der Waals surface area contributed by atoms with Gasteiger partial charge in [0, 0.05) is 29.2 Å². The van der Waals surface area contributed by atoms with Crippen LogP contribution in [0.1, 0.15) is 25.6 Å². The quantitative estimate of drug-likeness (QED) is 0.587. The number of halogens is 1. The molecule has 0 fully saturated rings. The Morgan fingerprint density at radius 1 is 1.16 bits per heavy atom. The van der Waals surface area contributed by atoms with Crippen LogP contribution in [0.4, 0.5) is 15.8 Å². The molecule has 11 heteroatoms. The van der Waals surface area contributed by atoms with Crippen LogP contribution in [-0.4, -0.2) is 34.0 Å². The molecule has 1 aromatic heterocycles. The Morgan fingerprint density at radius 2 is 1.88 bits per heavy atom. The fraction of sp³-hybridized carbons (Fsp3) is 0.143. The van der Waals surface area contributed by atoms with Crippen molar-refractivity contribution in [1.82, 2.24) is 4.72 Å². The molecule has 2 N–H and O–H groups in total. The number of nitrogens with zero attached hydrogens (tertiary/aromatic N) is 1. The first-order valence-electron chi connectivity index (χ1n) is 9.39. The highest BCUT2D eigenvalue weighted by molar-refractivity contribution is 7.92. The van der Waals surface area contributed by atoms with E-state index in [1.54, 1.807) is 20.0 Å². The van der Waals surface area contributed by atoms with Gasteiger partial charge in [0.05, 0.1) is 11.3 Å². The van der Waals surface area contributed by atoms with Gasteiger partial charge in [-0.2, -0.15) is 0 Å². The number of amides is 2. The zero-order valence-electron chi connectivity index (χ0n) is 17.0. The normalized spacial score (nSPS) is 13.3. The fourth-order valence-corrected chi connectivity index (χ4v) is 5.40. The van der Waals surface area contributed by atoms with Crippen LogP contribution < -0.4 is 19.7 Å². The van der Waals surface area contributed by atoms with E-state index in [1.165, 1.54) is 41.3 Å². The van der Waals surface area contributed by atoms with Crippen molar-refractivity contribution in [3.63, 3.8) is 0 Å². The second-order valence-electron chi connectivity index (χ2n) is 6.93. The minimum absolute atomic E-state index is 0.0448. The molecule has 1 aliphatic rings. The molecule has 0 unspecified atom stereocenters. The van der Waals surface area contributed by atoms with Crippen LogP contribution >= 0.6 is 11.3 Å². The zero-order valence-corrected chi connectivity index (χ0v) is 18.6. The molecule has 2 heterocycles. The summed E-state index contributed by atoms with van der Waals surface area (Å²) in [4.78, 5) is 27.3. The van der Waals surface area contributed by atoms with Gasteiger partial charge in [-0.1, -0.05) is 0 Å². The number of thiophene rings is 1. The maximum atomic E-state index is 14.1. The summed E-state index contributed by atoms with van der Waals surface area (Å²) in [6.45, 7) is 1.67. The zero-order chi connectivity index (χ0) is 23.0. The first kappa shape index (κ1) is 21.8. The predicted molar refractivity (Wildman–Crippen MR) is 118 cm³/mol. The summed E-state index contributed by atoms with van der Waals surface area (Å²) < 4.78 is 46.5. The monoisotopic (exact) mass is 475 g/mol. The third-order valence-electron chi connectivity index (χ3n) is 4.81. The molecule has 32 heavy (non-hydrogen) atoms. The van der Waals surface area contributed by atoms with Gasteiger partial charge < -0.3 is 10.1 Å². The predicted octanol–water partition coefficient (Wildman–Crippen LogP) is 3.35. The van der Waals surface area contributed by atoms with Crippen molar-refractivity contribution in [2.45, 2.75) is 11.1 Å². The van der Waals surface area contributed by atoms with Gasteiger partial charge in [-0.25, -0.2) is 17.5 Å². The average molecular weight is 476 g/mol. The van der Waals surface area contributed by atoms with Crippen LogP contribution in [0.3, 0.4) is 0 Å². The van der Waals surface area contributed by atoms with Crippen LogP contribution in [0.2, 0.25) is 0 Å². The van der Waals surface area contributed by atoms with Gasteiger partial charge in [-0.3, -0.25) is 14.5 Å². The molecule has 166 valence electrons. The SMILES string of the molecule is CNc1cc2c(cc1F)C(=O)N(c1ccc(C(=O)NS(=O)(=O)c3ccc(C)s3)cc1)CO2. The number of sulfonamides is 1. The molecular formula is C21H18FN3O5S2. The summed E-state index contributed by atoms with van der Waals surface area (Å²) in [6, 6.07) is 11.4. The summed E-state index contributed by atoms with van der Waals surface area (Å²) >= 11 is 1.06. The molecule has 0 saturated carbocycles. The Balaban J connectivity index is 1.52. The van der Waals surface area contributed by atoms with E-state index >= 15 is 0 Å². The van der Waals surface area contributed by atoms with E-state index < -0.39 is 27.7 Å². The van der Waals surface area contributed by atoms with Crippen molar-refractivity contribution in [2.75, 3.05) is 24.0 Å². The molecular weight excluding hydrogens is 457 g/mol. The maximum absolute atomic E-state index is 14.1. The minimum atomic E-state index is -3.98. The summed E-state index contributed by atoms with van der Waals surface area (Å²) in [5.74, 6) is -1.57. The van der Waals surface area contributed by atoms with E-state index in [0.29, 0.717) is 5.69 Å². The number of nitrogens with one attached hydrogen (secondary N) is 2. The van der Waals surface area contributed by atoms with E-state index in [9.17, 15) is 22.4 Å². The number of carbonyl (C=O) groups is 2. The van der Waals surface area contributed by atoms with Gasteiger partial charge in [-0.05, 0) is 49.4 Å². The maximum Gasteiger partial charge on any atom is 0.273 e. The molecule has 2 amide bonds. The Labute approximate surface area is 187 Å². The topological polar surface area (TPSA) is 105 Å². The number of hydrogen-bond acceptors (Lipinski definition) is 7. The molecule has 0 spiro atoms. The standard InChI is InChI=1S/C21H18FN3O5S2/c1-12-3-8-19(31-12)32(28,29)24-20(26)13-4-6-14(7-5-13)25-11-30-18-10-17(23-2)16(22)9-15(18)21(25)27/h3-10,23H,11H2,1-2H3,(H,24,26). The molecule has 0 aliphatic carbocycles. The number of aryl methyl sites for hydroxylation is 1. The molecule has 3 aromatic rings. The third kappa shape index (κ3) is 4.04. The van der Waals surface area contributed by atoms with Crippen LogP contribution in [0.15, 0.2) is 52.7 Å². The Hall–Kier alpha value is -3.44. The van der Waals surface area contributed by atoms with E-state index in [-0.39, 0.29) is 33.5 Å². The van der Waals surface area contributed by atoms with Gasteiger partial charge in [0.2, 0.25) is 0 Å². The average Bonchev–Trinajstić information content (AvgIpc) is 3.21. The number of fused-ring (bicyclic) bond motifs is 1. The summed E-state index contributed by atoms with van der Waals surface area (Å²) in [5.41, 5.74) is 0.799. The number of carbonyl (C=O) groups excluding carboxylic acids is 2. The van der Waals surface area contributed by atoms with Gasteiger partial charge >= 0.3 is 0 Å². The number of anilines is 2. The highest BCUT2D eigenvalue weighted by Crippen LogP contribution is 2.32. The lowest BCUT2D eigenvalue weighted by atomic mass is 10.1. The molecule has 8 nitrogen and oxygen atoms in total. The lowest BCUT2D eigenvalue weighted by Crippen LogP contribution is -2.39. The molecule has 2 aromatic carbocycles. The fourth-order valence-electron chi connectivity index (χ4n) is 3.14. The van der Waals surface area contributed by atoms with E-state index in [0.717, 1.165) is 22.3 Å². The molecule has 0 radical (unpaired) electrons. The summed E-state index contributed by atoms with van der Waals surface area (Å²) in [6.07, 6.45) is 0. The number of hydrogen-bond donors (Lipinski definition) is 2. The number of benzene rings is 2. The molecule has 0 atom stereocenters. The molecule has 0 bridgehead atoms. The number of ether oxygens (including phenoxy) is 1. The van der Waals surface area contributed by atoms with E-state index in [2.05, 4.69) is 5.32 Å². The third-order valence-corrected chi connectivity index (χ3v) is 7.64. The van der Waals surface area contributed by atoms with Gasteiger partial charge in [0.1, 0.15) is 15.8 Å². The highest BCUT2D eigenvalue weighted by Gasteiger charge is 2.29. The van der Waals surface area contributed by atoms with Gasteiger partial charge in [-0.15, -0.1) is 11.3 Å². The van der Waals surface area contributed by atoms with Crippen molar-refractivity contribution >= 4 is 44.5 Å². The second kappa shape index (κ2) is 8.24. The summed E-state index contributed by atoms with van der Waals surface area (Å²) in [5, 5.41) is 2.69. The van der Waals surface area contributed by atoms with Crippen molar-refractivity contribution < 1.29 is 27.1 Å². The largest absolute Gasteiger partial charge is 0.472 e. The van der Waals surface area contributed by atoms with Gasteiger partial charge in [0.25, 0.3) is 21.8 Å². The van der Waals surface area contributed by atoms with Crippen molar-refractivity contribution in [3.05, 3.63) is 70.4 Å². The Kier molecular flexibility index (Phi) is 5.61. The van der Waals surface area contributed by atoms with Crippen LogP contribution in [0.25, 0.3) is 0 Å². The van der Waals surface area contributed by atoms with Crippen molar-refractivity contribution in [3.8, 4) is 5.75 Å². The van der Waals surface area contributed by atoms with E-state index in [4.69, 9.17) is 4.74 Å². The van der Waals surface area contributed by atoms with Crippen LogP contribution in [0, 0.1) is 12.7 Å². The van der Waals surface area contributed by atoms with Crippen molar-refractivity contribution in [1.29, 1.82) is 0 Å². The van der Waals surface area contributed by atoms with Crippen LogP contribution in [0.5, 0.6) is 5.75 Å². The first-order valence-corrected chi connectivity index (χ1v) is 11.7. The molecule has 4 rings (SSSR count). The number of rotatable bonds is 5. The second-order valence-corrected chi connectivity index (χ2v) is 10.1. The smallest absolute Gasteiger partial charge is 0.273 e. The lowest BCUT2D eigenvalue weighted by Gasteiger charge is -2.29. The highest BCUT2D eigenvalue weighted by atomic mass is 32.2. The van der Waals surface area contributed by atoms with Crippen molar-refractivity contribution in [2.24, 2.45) is 0 Å². The van der Waals surface area contributed by atoms with E-state index in [1.807, 2.05) is 4.72 Å².